The van der Waals surface area contributed by atoms with Crippen LogP contribution in [0, 0.1) is 0 Å². The number of aryl methyl sites for hydroxylation is 1. The molecule has 1 atom stereocenters. The largest absolute Gasteiger partial charge is 0.349 e. The van der Waals surface area contributed by atoms with E-state index in [9.17, 15) is 9.59 Å². The van der Waals surface area contributed by atoms with Gasteiger partial charge in [0.2, 0.25) is 0 Å². The summed E-state index contributed by atoms with van der Waals surface area (Å²) in [6, 6.07) is 10.9. The first-order valence-corrected chi connectivity index (χ1v) is 8.16. The summed E-state index contributed by atoms with van der Waals surface area (Å²) in [6.07, 6.45) is 2.26. The number of benzene rings is 1. The summed E-state index contributed by atoms with van der Waals surface area (Å²) in [5.41, 5.74) is 1.17. The molecule has 1 aromatic carbocycles. The van der Waals surface area contributed by atoms with E-state index in [0.717, 1.165) is 15.2 Å². The second-order valence-electron chi connectivity index (χ2n) is 5.52. The molecule has 0 spiro atoms. The number of nitrogens with zero attached hydrogens (tertiary/aromatic N) is 2. The topological polar surface area (TPSA) is 64.0 Å². The first kappa shape index (κ1) is 15.4. The van der Waals surface area contributed by atoms with E-state index in [2.05, 4.69) is 10.3 Å². The van der Waals surface area contributed by atoms with Gasteiger partial charge in [-0.05, 0) is 25.1 Å². The number of aromatic nitrogens is 2. The normalized spacial score (nSPS) is 12.3. The first-order valence-electron chi connectivity index (χ1n) is 7.35. The SMILES string of the molecule is C[C@@H](Cc1nc2ccccc2s1)NC(=O)c1ccn(C)c(=O)c1. The molecule has 5 nitrogen and oxygen atoms in total. The van der Waals surface area contributed by atoms with Crippen molar-refractivity contribution in [2.45, 2.75) is 19.4 Å². The third-order valence-corrected chi connectivity index (χ3v) is 4.62. The number of hydrogen-bond acceptors (Lipinski definition) is 4. The predicted octanol–water partition coefficient (Wildman–Crippen LogP) is 2.36. The van der Waals surface area contributed by atoms with Crippen molar-refractivity contribution in [1.29, 1.82) is 0 Å². The van der Waals surface area contributed by atoms with Crippen LogP contribution in [0.1, 0.15) is 22.3 Å². The van der Waals surface area contributed by atoms with Crippen LogP contribution in [0.5, 0.6) is 0 Å². The Bertz CT molecular complexity index is 880. The van der Waals surface area contributed by atoms with Crippen LogP contribution in [-0.2, 0) is 13.5 Å². The Morgan fingerprint density at radius 1 is 1.35 bits per heavy atom. The lowest BCUT2D eigenvalue weighted by atomic mass is 10.2. The lowest BCUT2D eigenvalue weighted by Crippen LogP contribution is -2.34. The average Bonchev–Trinajstić information content (AvgIpc) is 2.91. The van der Waals surface area contributed by atoms with Gasteiger partial charge in [0.1, 0.15) is 0 Å². The summed E-state index contributed by atoms with van der Waals surface area (Å²) in [7, 11) is 1.65. The van der Waals surface area contributed by atoms with Gasteiger partial charge in [-0.1, -0.05) is 12.1 Å². The number of nitrogens with one attached hydrogen (secondary N) is 1. The van der Waals surface area contributed by atoms with Crippen molar-refractivity contribution in [2.24, 2.45) is 7.05 Å². The number of carbonyl (C=O) groups excluding carboxylic acids is 1. The number of carbonyl (C=O) groups is 1. The molecule has 0 aliphatic heterocycles. The van der Waals surface area contributed by atoms with Gasteiger partial charge in [0, 0.05) is 37.3 Å². The Balaban J connectivity index is 1.68. The summed E-state index contributed by atoms with van der Waals surface area (Å²) < 4.78 is 2.58. The highest BCUT2D eigenvalue weighted by Gasteiger charge is 2.13. The van der Waals surface area contributed by atoms with Crippen LogP contribution in [0.3, 0.4) is 0 Å². The molecule has 23 heavy (non-hydrogen) atoms. The first-order chi connectivity index (χ1) is 11.0. The predicted molar refractivity (Wildman–Crippen MR) is 91.9 cm³/mol. The zero-order valence-electron chi connectivity index (χ0n) is 12.9. The fraction of sp³-hybridized carbons (Fsp3) is 0.235. The highest BCUT2D eigenvalue weighted by Crippen LogP contribution is 2.22. The van der Waals surface area contributed by atoms with E-state index in [-0.39, 0.29) is 17.5 Å². The number of fused-ring (bicyclic) bond motifs is 1. The number of rotatable bonds is 4. The second kappa shape index (κ2) is 6.34. The molecule has 2 heterocycles. The molecule has 1 amide bonds. The van der Waals surface area contributed by atoms with E-state index in [1.807, 2.05) is 31.2 Å². The van der Waals surface area contributed by atoms with E-state index >= 15 is 0 Å². The maximum atomic E-state index is 12.2. The second-order valence-corrected chi connectivity index (χ2v) is 6.63. The zero-order chi connectivity index (χ0) is 16.4. The van der Waals surface area contributed by atoms with Crippen molar-refractivity contribution in [3.05, 3.63) is 63.5 Å². The van der Waals surface area contributed by atoms with Crippen LogP contribution in [0.4, 0.5) is 0 Å². The smallest absolute Gasteiger partial charge is 0.251 e. The fourth-order valence-corrected chi connectivity index (χ4v) is 3.41. The molecule has 0 aliphatic carbocycles. The molecular weight excluding hydrogens is 310 g/mol. The molecule has 0 saturated heterocycles. The maximum Gasteiger partial charge on any atom is 0.251 e. The minimum Gasteiger partial charge on any atom is -0.349 e. The van der Waals surface area contributed by atoms with E-state index in [1.165, 1.54) is 10.6 Å². The molecule has 0 bridgehead atoms. The van der Waals surface area contributed by atoms with Gasteiger partial charge in [0.05, 0.1) is 15.2 Å². The summed E-state index contributed by atoms with van der Waals surface area (Å²) >= 11 is 1.64. The summed E-state index contributed by atoms with van der Waals surface area (Å²) in [6.45, 7) is 1.94. The Hall–Kier alpha value is -2.47. The van der Waals surface area contributed by atoms with Crippen LogP contribution in [0.25, 0.3) is 10.2 Å². The molecule has 118 valence electrons. The van der Waals surface area contributed by atoms with Gasteiger partial charge in [-0.25, -0.2) is 4.98 Å². The fourth-order valence-electron chi connectivity index (χ4n) is 2.32. The Kier molecular flexibility index (Phi) is 4.25. The van der Waals surface area contributed by atoms with E-state index < -0.39 is 0 Å². The molecule has 0 unspecified atom stereocenters. The van der Waals surface area contributed by atoms with Crippen molar-refractivity contribution in [3.8, 4) is 0 Å². The molecule has 0 fully saturated rings. The molecule has 6 heteroatoms. The Morgan fingerprint density at radius 3 is 2.87 bits per heavy atom. The van der Waals surface area contributed by atoms with E-state index in [4.69, 9.17) is 0 Å². The summed E-state index contributed by atoms with van der Waals surface area (Å²) in [5.74, 6) is -0.240. The summed E-state index contributed by atoms with van der Waals surface area (Å²) in [4.78, 5) is 28.4. The van der Waals surface area contributed by atoms with Crippen LogP contribution in [0.15, 0.2) is 47.4 Å². The third-order valence-electron chi connectivity index (χ3n) is 3.56. The van der Waals surface area contributed by atoms with Crippen molar-refractivity contribution < 1.29 is 4.79 Å². The van der Waals surface area contributed by atoms with Gasteiger partial charge < -0.3 is 9.88 Å². The van der Waals surface area contributed by atoms with Crippen molar-refractivity contribution in [3.63, 3.8) is 0 Å². The van der Waals surface area contributed by atoms with Gasteiger partial charge in [-0.3, -0.25) is 9.59 Å². The minimum atomic E-state index is -0.240. The third kappa shape index (κ3) is 3.48. The monoisotopic (exact) mass is 327 g/mol. The van der Waals surface area contributed by atoms with Crippen molar-refractivity contribution >= 4 is 27.5 Å². The van der Waals surface area contributed by atoms with Crippen LogP contribution in [-0.4, -0.2) is 21.5 Å². The van der Waals surface area contributed by atoms with Gasteiger partial charge in [-0.15, -0.1) is 11.3 Å². The Morgan fingerprint density at radius 2 is 2.13 bits per heavy atom. The van der Waals surface area contributed by atoms with Crippen LogP contribution < -0.4 is 10.9 Å². The average molecular weight is 327 g/mol. The highest BCUT2D eigenvalue weighted by molar-refractivity contribution is 7.18. The zero-order valence-corrected chi connectivity index (χ0v) is 13.8. The van der Waals surface area contributed by atoms with Crippen LogP contribution in [0.2, 0.25) is 0 Å². The molecular formula is C17H17N3O2S. The van der Waals surface area contributed by atoms with Crippen molar-refractivity contribution in [2.75, 3.05) is 0 Å². The molecule has 2 aromatic heterocycles. The molecule has 0 radical (unpaired) electrons. The molecule has 3 rings (SSSR count). The van der Waals surface area contributed by atoms with E-state index in [0.29, 0.717) is 12.0 Å². The van der Waals surface area contributed by atoms with Crippen molar-refractivity contribution in [1.82, 2.24) is 14.9 Å². The minimum absolute atomic E-state index is 0.0629. The van der Waals surface area contributed by atoms with Gasteiger partial charge in [0.25, 0.3) is 11.5 Å². The number of thiazole rings is 1. The number of hydrogen-bond donors (Lipinski definition) is 1. The number of pyridine rings is 1. The lowest BCUT2D eigenvalue weighted by molar-refractivity contribution is 0.0940. The number of amides is 1. The van der Waals surface area contributed by atoms with Gasteiger partial charge in [-0.2, -0.15) is 0 Å². The molecule has 0 aliphatic rings. The highest BCUT2D eigenvalue weighted by atomic mass is 32.1. The van der Waals surface area contributed by atoms with Crippen LogP contribution >= 0.6 is 11.3 Å². The maximum absolute atomic E-state index is 12.2. The molecule has 1 N–H and O–H groups in total. The van der Waals surface area contributed by atoms with E-state index in [1.54, 1.807) is 30.6 Å². The standard InChI is InChI=1S/C17H17N3O2S/c1-11(9-15-19-13-5-3-4-6-14(13)23-15)18-17(22)12-7-8-20(2)16(21)10-12/h3-8,10-11H,9H2,1-2H3,(H,18,22)/t11-/m0/s1. The van der Waals surface area contributed by atoms with Gasteiger partial charge >= 0.3 is 0 Å². The summed E-state index contributed by atoms with van der Waals surface area (Å²) in [5, 5.41) is 3.90. The number of para-hydroxylation sites is 1. The van der Waals surface area contributed by atoms with Gasteiger partial charge in [0.15, 0.2) is 0 Å². The molecule has 3 aromatic rings. The quantitative estimate of drug-likeness (QED) is 0.800. The Labute approximate surface area is 137 Å². The lowest BCUT2D eigenvalue weighted by Gasteiger charge is -2.12. The molecule has 0 saturated carbocycles.